The molecule has 0 aromatic rings. The van der Waals surface area contributed by atoms with E-state index in [0.29, 0.717) is 0 Å². The zero-order chi connectivity index (χ0) is 8.69. The number of nitrogens with two attached hydrogens (primary N) is 2. The van der Waals surface area contributed by atoms with Crippen LogP contribution in [0.1, 0.15) is 0 Å². The molecule has 0 radical (unpaired) electrons. The molecule has 0 fully saturated rings. The lowest BCUT2D eigenvalue weighted by atomic mass is 10.5. The van der Waals surface area contributed by atoms with Crippen molar-refractivity contribution in [3.8, 4) is 0 Å². The van der Waals surface area contributed by atoms with Crippen LogP contribution in [0.25, 0.3) is 0 Å². The standard InChI is InChI=1S/C5H11N3O3/c6-3-4(9)8-1-2-11-5(7)10/h1-3,6H2,(H2,7,10)(H,8,9). The summed E-state index contributed by atoms with van der Waals surface area (Å²) in [4.78, 5) is 20.4. The van der Waals surface area contributed by atoms with Crippen LogP contribution in [0.15, 0.2) is 0 Å². The van der Waals surface area contributed by atoms with Crippen molar-refractivity contribution in [2.24, 2.45) is 11.5 Å². The number of hydrogen-bond donors (Lipinski definition) is 3. The first-order chi connectivity index (χ1) is 5.16. The smallest absolute Gasteiger partial charge is 0.404 e. The SMILES string of the molecule is NCC(=O)NCCOC(N)=O. The summed E-state index contributed by atoms with van der Waals surface area (Å²) in [5.41, 5.74) is 9.61. The fourth-order valence-corrected chi connectivity index (χ4v) is 0.414. The predicted octanol–water partition coefficient (Wildman–Crippen LogP) is -1.84. The highest BCUT2D eigenvalue weighted by Gasteiger charge is 1.96. The molecule has 0 rings (SSSR count). The van der Waals surface area contributed by atoms with E-state index in [0.717, 1.165) is 0 Å². The fraction of sp³-hybridized carbons (Fsp3) is 0.600. The number of primary amides is 1. The molecule has 0 atom stereocenters. The van der Waals surface area contributed by atoms with E-state index < -0.39 is 6.09 Å². The van der Waals surface area contributed by atoms with Crippen LogP contribution in [0.5, 0.6) is 0 Å². The van der Waals surface area contributed by atoms with Crippen molar-refractivity contribution in [3.63, 3.8) is 0 Å². The van der Waals surface area contributed by atoms with Crippen molar-refractivity contribution in [1.29, 1.82) is 0 Å². The average Bonchev–Trinajstić information content (AvgIpc) is 1.97. The van der Waals surface area contributed by atoms with Gasteiger partial charge in [0.2, 0.25) is 5.91 Å². The van der Waals surface area contributed by atoms with Gasteiger partial charge in [-0.2, -0.15) is 0 Å². The van der Waals surface area contributed by atoms with Gasteiger partial charge in [-0.25, -0.2) is 4.79 Å². The molecule has 0 aliphatic rings. The molecule has 6 heteroatoms. The molecule has 0 saturated carbocycles. The van der Waals surface area contributed by atoms with E-state index in [2.05, 4.69) is 15.8 Å². The maximum Gasteiger partial charge on any atom is 0.404 e. The summed E-state index contributed by atoms with van der Waals surface area (Å²) in [6.07, 6.45) is -0.855. The van der Waals surface area contributed by atoms with E-state index in [-0.39, 0.29) is 25.6 Å². The van der Waals surface area contributed by atoms with Crippen LogP contribution in [0.2, 0.25) is 0 Å². The monoisotopic (exact) mass is 161 g/mol. The molecule has 11 heavy (non-hydrogen) atoms. The van der Waals surface area contributed by atoms with Gasteiger partial charge in [-0.1, -0.05) is 0 Å². The van der Waals surface area contributed by atoms with E-state index in [9.17, 15) is 9.59 Å². The van der Waals surface area contributed by atoms with E-state index >= 15 is 0 Å². The fourth-order valence-electron chi connectivity index (χ4n) is 0.414. The summed E-state index contributed by atoms with van der Waals surface area (Å²) in [5.74, 6) is -0.293. The highest BCUT2D eigenvalue weighted by atomic mass is 16.5. The van der Waals surface area contributed by atoms with E-state index in [4.69, 9.17) is 5.73 Å². The number of carbonyl (C=O) groups is 2. The third-order valence-electron chi connectivity index (χ3n) is 0.854. The molecular weight excluding hydrogens is 150 g/mol. The van der Waals surface area contributed by atoms with Gasteiger partial charge >= 0.3 is 6.09 Å². The Kier molecular flexibility index (Phi) is 4.83. The van der Waals surface area contributed by atoms with Gasteiger partial charge in [0.25, 0.3) is 0 Å². The zero-order valence-corrected chi connectivity index (χ0v) is 6.00. The Labute approximate surface area is 63.9 Å². The van der Waals surface area contributed by atoms with Crippen molar-refractivity contribution in [2.75, 3.05) is 19.7 Å². The van der Waals surface area contributed by atoms with Crippen molar-refractivity contribution in [1.82, 2.24) is 5.32 Å². The van der Waals surface area contributed by atoms with E-state index in [1.54, 1.807) is 0 Å². The predicted molar refractivity (Wildman–Crippen MR) is 37.6 cm³/mol. The Morgan fingerprint density at radius 3 is 2.55 bits per heavy atom. The Balaban J connectivity index is 3.14. The molecule has 0 bridgehead atoms. The summed E-state index contributed by atoms with van der Waals surface area (Å²) in [6.45, 7) is 0.233. The second-order valence-electron chi connectivity index (χ2n) is 1.72. The molecule has 0 unspecified atom stereocenters. The normalized spacial score (nSPS) is 8.82. The largest absolute Gasteiger partial charge is 0.448 e. The van der Waals surface area contributed by atoms with Crippen LogP contribution in [0.3, 0.4) is 0 Å². The molecule has 0 aliphatic heterocycles. The maximum absolute atomic E-state index is 10.4. The quantitative estimate of drug-likeness (QED) is 0.421. The number of amides is 2. The minimum absolute atomic E-state index is 0.0705. The van der Waals surface area contributed by atoms with Gasteiger partial charge in [0.1, 0.15) is 6.61 Å². The Morgan fingerprint density at radius 1 is 1.45 bits per heavy atom. The molecule has 2 amide bonds. The van der Waals surface area contributed by atoms with Crippen molar-refractivity contribution >= 4 is 12.0 Å². The van der Waals surface area contributed by atoms with E-state index in [1.807, 2.05) is 0 Å². The summed E-state index contributed by atoms with van der Waals surface area (Å²) < 4.78 is 4.32. The number of hydrogen-bond acceptors (Lipinski definition) is 4. The van der Waals surface area contributed by atoms with Crippen LogP contribution >= 0.6 is 0 Å². The van der Waals surface area contributed by atoms with Gasteiger partial charge in [0.05, 0.1) is 13.1 Å². The molecule has 5 N–H and O–H groups in total. The number of nitrogens with one attached hydrogen (secondary N) is 1. The van der Waals surface area contributed by atoms with Gasteiger partial charge < -0.3 is 21.5 Å². The van der Waals surface area contributed by atoms with Crippen LogP contribution in [-0.2, 0) is 9.53 Å². The lowest BCUT2D eigenvalue weighted by molar-refractivity contribution is -0.119. The van der Waals surface area contributed by atoms with Crippen LogP contribution < -0.4 is 16.8 Å². The average molecular weight is 161 g/mol. The number of ether oxygens (including phenoxy) is 1. The lowest BCUT2D eigenvalue weighted by Crippen LogP contribution is -2.33. The van der Waals surface area contributed by atoms with E-state index in [1.165, 1.54) is 0 Å². The van der Waals surface area contributed by atoms with Gasteiger partial charge in [0, 0.05) is 0 Å². The van der Waals surface area contributed by atoms with Gasteiger partial charge in [-0.05, 0) is 0 Å². The third-order valence-corrected chi connectivity index (χ3v) is 0.854. The summed E-state index contributed by atoms with van der Waals surface area (Å²) >= 11 is 0. The molecular formula is C5H11N3O3. The minimum Gasteiger partial charge on any atom is -0.448 e. The molecule has 0 spiro atoms. The molecule has 6 nitrogen and oxygen atoms in total. The van der Waals surface area contributed by atoms with Gasteiger partial charge in [-0.3, -0.25) is 4.79 Å². The molecule has 0 aromatic heterocycles. The van der Waals surface area contributed by atoms with Crippen molar-refractivity contribution < 1.29 is 14.3 Å². The highest BCUT2D eigenvalue weighted by molar-refractivity contribution is 5.77. The molecule has 0 saturated heterocycles. The summed E-state index contributed by atoms with van der Waals surface area (Å²) in [7, 11) is 0. The first-order valence-corrected chi connectivity index (χ1v) is 3.06. The van der Waals surface area contributed by atoms with Gasteiger partial charge in [0.15, 0.2) is 0 Å². The maximum atomic E-state index is 10.4. The zero-order valence-electron chi connectivity index (χ0n) is 6.00. The van der Waals surface area contributed by atoms with Crippen LogP contribution in [0, 0.1) is 0 Å². The molecule has 0 aliphatic carbocycles. The topological polar surface area (TPSA) is 107 Å². The first-order valence-electron chi connectivity index (χ1n) is 3.06. The molecule has 0 heterocycles. The number of rotatable bonds is 4. The molecule has 0 aromatic carbocycles. The second-order valence-corrected chi connectivity index (χ2v) is 1.72. The summed E-state index contributed by atoms with van der Waals surface area (Å²) in [6, 6.07) is 0. The van der Waals surface area contributed by atoms with Crippen molar-refractivity contribution in [3.05, 3.63) is 0 Å². The van der Waals surface area contributed by atoms with Gasteiger partial charge in [-0.15, -0.1) is 0 Å². The Hall–Kier alpha value is -1.30. The second kappa shape index (κ2) is 5.48. The first kappa shape index (κ1) is 9.70. The highest BCUT2D eigenvalue weighted by Crippen LogP contribution is 1.70. The lowest BCUT2D eigenvalue weighted by Gasteiger charge is -2.02. The minimum atomic E-state index is -0.855. The van der Waals surface area contributed by atoms with Crippen LogP contribution in [0.4, 0.5) is 4.79 Å². The van der Waals surface area contributed by atoms with Crippen LogP contribution in [-0.4, -0.2) is 31.7 Å². The molecule has 64 valence electrons. The summed E-state index contributed by atoms with van der Waals surface area (Å²) in [5, 5.41) is 2.39. The Bertz CT molecular complexity index is 148. The number of carbonyl (C=O) groups excluding carboxylic acids is 2. The Morgan fingerprint density at radius 2 is 2.09 bits per heavy atom. The van der Waals surface area contributed by atoms with Crippen molar-refractivity contribution in [2.45, 2.75) is 0 Å². The third kappa shape index (κ3) is 6.59.